The molecule has 0 radical (unpaired) electrons. The molecule has 3 heteroatoms. The van der Waals surface area contributed by atoms with Crippen molar-refractivity contribution >= 4 is 8.56 Å². The molecule has 1 aromatic carbocycles. The van der Waals surface area contributed by atoms with Crippen LogP contribution in [0.2, 0.25) is 6.55 Å². The van der Waals surface area contributed by atoms with Crippen LogP contribution in [0, 0.1) is 0 Å². The van der Waals surface area contributed by atoms with Gasteiger partial charge in [0.15, 0.2) is 0 Å². The standard InChI is InChI=1S/C12H18O2Si/c1-13-15(3,14-2)12-9-8-10-6-4-5-7-11(10)12/h4-7,12H,8-9H2,1-3H3. The van der Waals surface area contributed by atoms with Crippen molar-refractivity contribution < 1.29 is 8.85 Å². The van der Waals surface area contributed by atoms with Crippen molar-refractivity contribution in [3.8, 4) is 0 Å². The quantitative estimate of drug-likeness (QED) is 0.732. The topological polar surface area (TPSA) is 18.5 Å². The molecule has 0 saturated carbocycles. The summed E-state index contributed by atoms with van der Waals surface area (Å²) in [5, 5.41) is 0. The van der Waals surface area contributed by atoms with E-state index < -0.39 is 8.56 Å². The van der Waals surface area contributed by atoms with Crippen LogP contribution in [0.25, 0.3) is 0 Å². The summed E-state index contributed by atoms with van der Waals surface area (Å²) in [5.74, 6) is 0. The Hall–Kier alpha value is -0.643. The van der Waals surface area contributed by atoms with Gasteiger partial charge in [-0.15, -0.1) is 0 Å². The molecule has 15 heavy (non-hydrogen) atoms. The lowest BCUT2D eigenvalue weighted by Crippen LogP contribution is -2.42. The molecule has 0 saturated heterocycles. The Morgan fingerprint density at radius 3 is 2.53 bits per heavy atom. The molecule has 1 atom stereocenters. The van der Waals surface area contributed by atoms with E-state index in [1.54, 1.807) is 14.2 Å². The maximum atomic E-state index is 5.64. The van der Waals surface area contributed by atoms with Gasteiger partial charge in [-0.3, -0.25) is 0 Å². The molecule has 0 spiro atoms. The van der Waals surface area contributed by atoms with E-state index in [1.807, 2.05) is 0 Å². The third kappa shape index (κ3) is 1.75. The molecular weight excluding hydrogens is 204 g/mol. The summed E-state index contributed by atoms with van der Waals surface area (Å²) in [5.41, 5.74) is 3.40. The molecule has 2 nitrogen and oxygen atoms in total. The molecule has 1 aromatic rings. The van der Waals surface area contributed by atoms with Crippen molar-refractivity contribution in [3.05, 3.63) is 35.4 Å². The molecule has 0 amide bonds. The second kappa shape index (κ2) is 4.08. The maximum absolute atomic E-state index is 5.64. The predicted octanol–water partition coefficient (Wildman–Crippen LogP) is 2.62. The van der Waals surface area contributed by atoms with Gasteiger partial charge in [0.1, 0.15) is 0 Å². The molecule has 1 aliphatic carbocycles. The van der Waals surface area contributed by atoms with Gasteiger partial charge in [-0.05, 0) is 30.5 Å². The lowest BCUT2D eigenvalue weighted by molar-refractivity contribution is 0.237. The number of aryl methyl sites for hydroxylation is 1. The Balaban J connectivity index is 2.34. The summed E-state index contributed by atoms with van der Waals surface area (Å²) in [4.78, 5) is 0. The van der Waals surface area contributed by atoms with E-state index in [0.29, 0.717) is 5.54 Å². The van der Waals surface area contributed by atoms with Crippen LogP contribution in [-0.2, 0) is 15.3 Å². The average molecular weight is 222 g/mol. The number of hydrogen-bond acceptors (Lipinski definition) is 2. The van der Waals surface area contributed by atoms with Crippen molar-refractivity contribution in [1.29, 1.82) is 0 Å². The van der Waals surface area contributed by atoms with Crippen LogP contribution in [0.15, 0.2) is 24.3 Å². The van der Waals surface area contributed by atoms with Gasteiger partial charge in [-0.1, -0.05) is 24.3 Å². The highest BCUT2D eigenvalue weighted by molar-refractivity contribution is 6.67. The maximum Gasteiger partial charge on any atom is 0.342 e. The van der Waals surface area contributed by atoms with E-state index >= 15 is 0 Å². The summed E-state index contributed by atoms with van der Waals surface area (Å²) in [6.07, 6.45) is 2.33. The fourth-order valence-corrected chi connectivity index (χ4v) is 4.72. The molecule has 0 fully saturated rings. The lowest BCUT2D eigenvalue weighted by Gasteiger charge is -2.29. The van der Waals surface area contributed by atoms with E-state index in [2.05, 4.69) is 30.8 Å². The van der Waals surface area contributed by atoms with Gasteiger partial charge >= 0.3 is 8.56 Å². The second-order valence-electron chi connectivity index (χ2n) is 4.21. The summed E-state index contributed by atoms with van der Waals surface area (Å²) < 4.78 is 11.3. The minimum atomic E-state index is -2.02. The number of hydrogen-bond donors (Lipinski definition) is 0. The molecule has 1 aliphatic rings. The molecular formula is C12H18O2Si. The third-order valence-corrected chi connectivity index (χ3v) is 7.06. The molecule has 82 valence electrons. The van der Waals surface area contributed by atoms with Crippen LogP contribution in [0.3, 0.4) is 0 Å². The van der Waals surface area contributed by atoms with Gasteiger partial charge in [0.05, 0.1) is 0 Å². The summed E-state index contributed by atoms with van der Waals surface area (Å²) >= 11 is 0. The fraction of sp³-hybridized carbons (Fsp3) is 0.500. The molecule has 0 aliphatic heterocycles. The smallest absolute Gasteiger partial charge is 0.342 e. The minimum Gasteiger partial charge on any atom is -0.397 e. The molecule has 0 heterocycles. The highest BCUT2D eigenvalue weighted by atomic mass is 28.4. The van der Waals surface area contributed by atoms with E-state index in [-0.39, 0.29) is 0 Å². The van der Waals surface area contributed by atoms with Gasteiger partial charge in [0.25, 0.3) is 0 Å². The molecule has 0 bridgehead atoms. The van der Waals surface area contributed by atoms with Gasteiger partial charge in [-0.2, -0.15) is 0 Å². The Kier molecular flexibility index (Phi) is 2.95. The summed E-state index contributed by atoms with van der Waals surface area (Å²) in [6.45, 7) is 2.15. The van der Waals surface area contributed by atoms with Crippen LogP contribution < -0.4 is 0 Å². The fourth-order valence-electron chi connectivity index (χ4n) is 2.47. The Morgan fingerprint density at radius 2 is 1.87 bits per heavy atom. The van der Waals surface area contributed by atoms with Crippen LogP contribution in [0.4, 0.5) is 0 Å². The number of rotatable bonds is 3. The average Bonchev–Trinajstić information content (AvgIpc) is 2.72. The number of fused-ring (bicyclic) bond motifs is 1. The first kappa shape index (κ1) is 10.9. The van der Waals surface area contributed by atoms with E-state index in [4.69, 9.17) is 8.85 Å². The minimum absolute atomic E-state index is 0.490. The third-order valence-electron chi connectivity index (χ3n) is 3.58. The van der Waals surface area contributed by atoms with Crippen molar-refractivity contribution in [2.45, 2.75) is 24.9 Å². The zero-order chi connectivity index (χ0) is 10.9. The van der Waals surface area contributed by atoms with Gasteiger partial charge in [0, 0.05) is 19.8 Å². The largest absolute Gasteiger partial charge is 0.397 e. The van der Waals surface area contributed by atoms with Crippen LogP contribution in [0.1, 0.15) is 23.1 Å². The SMILES string of the molecule is CO[Si](C)(OC)C1CCc2ccccc21. The molecule has 0 aromatic heterocycles. The van der Waals surface area contributed by atoms with E-state index in [1.165, 1.54) is 17.5 Å². The Labute approximate surface area is 92.5 Å². The van der Waals surface area contributed by atoms with Gasteiger partial charge in [-0.25, -0.2) is 0 Å². The van der Waals surface area contributed by atoms with E-state index in [9.17, 15) is 0 Å². The normalized spacial score (nSPS) is 20.3. The zero-order valence-electron chi connectivity index (χ0n) is 9.62. The van der Waals surface area contributed by atoms with Crippen LogP contribution in [0.5, 0.6) is 0 Å². The molecule has 0 N–H and O–H groups in total. The predicted molar refractivity (Wildman–Crippen MR) is 63.1 cm³/mol. The van der Waals surface area contributed by atoms with Crippen molar-refractivity contribution in [1.82, 2.24) is 0 Å². The Bertz CT molecular complexity index is 347. The van der Waals surface area contributed by atoms with Crippen molar-refractivity contribution in [3.63, 3.8) is 0 Å². The van der Waals surface area contributed by atoms with Gasteiger partial charge in [0.2, 0.25) is 0 Å². The first-order valence-corrected chi connectivity index (χ1v) is 7.79. The van der Waals surface area contributed by atoms with Gasteiger partial charge < -0.3 is 8.85 Å². The first-order chi connectivity index (χ1) is 7.21. The first-order valence-electron chi connectivity index (χ1n) is 5.39. The number of benzene rings is 1. The van der Waals surface area contributed by atoms with Crippen molar-refractivity contribution in [2.75, 3.05) is 14.2 Å². The molecule has 2 rings (SSSR count). The lowest BCUT2D eigenvalue weighted by atomic mass is 10.1. The zero-order valence-corrected chi connectivity index (χ0v) is 10.6. The van der Waals surface area contributed by atoms with Crippen LogP contribution >= 0.6 is 0 Å². The summed E-state index contributed by atoms with van der Waals surface area (Å²) in [6, 6.07) is 8.66. The molecule has 1 unspecified atom stereocenters. The monoisotopic (exact) mass is 222 g/mol. The Morgan fingerprint density at radius 1 is 1.20 bits per heavy atom. The summed E-state index contributed by atoms with van der Waals surface area (Å²) in [7, 11) is 1.53. The van der Waals surface area contributed by atoms with Crippen molar-refractivity contribution in [2.24, 2.45) is 0 Å². The second-order valence-corrected chi connectivity index (χ2v) is 7.76. The van der Waals surface area contributed by atoms with E-state index in [0.717, 1.165) is 6.42 Å². The highest BCUT2D eigenvalue weighted by Gasteiger charge is 2.43. The highest BCUT2D eigenvalue weighted by Crippen LogP contribution is 2.39. The van der Waals surface area contributed by atoms with Crippen LogP contribution in [-0.4, -0.2) is 22.8 Å².